The fraction of sp³-hybridized carbons (Fsp3) is 0.478. The Labute approximate surface area is 197 Å². The van der Waals surface area contributed by atoms with Crippen LogP contribution in [0.5, 0.6) is 5.75 Å². The molecule has 1 aromatic carbocycles. The van der Waals surface area contributed by atoms with Crippen LogP contribution < -0.4 is 14.9 Å². The second kappa shape index (κ2) is 10.4. The Hall–Kier alpha value is -2.78. The predicted octanol–water partition coefficient (Wildman–Crippen LogP) is 3.66. The highest BCUT2D eigenvalue weighted by atomic mass is 35.5. The summed E-state index contributed by atoms with van der Waals surface area (Å²) < 4.78 is 18.6. The lowest BCUT2D eigenvalue weighted by molar-refractivity contribution is 0.0243. The van der Waals surface area contributed by atoms with Crippen molar-refractivity contribution in [3.63, 3.8) is 0 Å². The average molecular weight is 476 g/mol. The molecule has 1 unspecified atom stereocenters. The highest BCUT2D eigenvalue weighted by Gasteiger charge is 2.34. The molecule has 1 aliphatic carbocycles. The number of aromatic nitrogens is 2. The smallest absolute Gasteiger partial charge is 0.270 e. The van der Waals surface area contributed by atoms with E-state index in [1.54, 1.807) is 25.1 Å². The van der Waals surface area contributed by atoms with Gasteiger partial charge in [-0.3, -0.25) is 4.79 Å². The summed E-state index contributed by atoms with van der Waals surface area (Å²) in [4.78, 5) is 30.0. The molecule has 0 saturated heterocycles. The summed E-state index contributed by atoms with van der Waals surface area (Å²) in [5.74, 6) is 0.216. The third-order valence-electron chi connectivity index (χ3n) is 6.18. The molecule has 2 aliphatic rings. The Bertz CT molecular complexity index is 1040. The Morgan fingerprint density at radius 3 is 2.76 bits per heavy atom. The van der Waals surface area contributed by atoms with Gasteiger partial charge in [-0.2, -0.15) is 0 Å². The van der Waals surface area contributed by atoms with Crippen molar-refractivity contribution in [1.82, 2.24) is 20.1 Å². The molecule has 1 atom stereocenters. The number of halogens is 2. The summed E-state index contributed by atoms with van der Waals surface area (Å²) in [6, 6.07) is 6.43. The number of oxime groups is 1. The van der Waals surface area contributed by atoms with E-state index >= 15 is 0 Å². The lowest BCUT2D eigenvalue weighted by atomic mass is 9.81. The van der Waals surface area contributed by atoms with Crippen LogP contribution in [0, 0.1) is 18.7 Å². The van der Waals surface area contributed by atoms with Gasteiger partial charge in [-0.15, -0.1) is 0 Å². The molecule has 4 rings (SSSR count). The molecule has 176 valence electrons. The summed E-state index contributed by atoms with van der Waals surface area (Å²) in [6.45, 7) is 1.94. The van der Waals surface area contributed by atoms with E-state index in [4.69, 9.17) is 21.4 Å². The summed E-state index contributed by atoms with van der Waals surface area (Å²) in [7, 11) is 1.40. The van der Waals surface area contributed by atoms with Gasteiger partial charge in [-0.25, -0.2) is 19.2 Å². The molecule has 1 aromatic heterocycles. The second-order valence-corrected chi connectivity index (χ2v) is 8.66. The van der Waals surface area contributed by atoms with E-state index in [9.17, 15) is 9.18 Å². The number of hydrogen-bond acceptors (Lipinski definition) is 7. The molecule has 8 nitrogen and oxygen atoms in total. The molecule has 33 heavy (non-hydrogen) atoms. The maximum absolute atomic E-state index is 13.6. The largest absolute Gasteiger partial charge is 0.494 e. The van der Waals surface area contributed by atoms with Crippen molar-refractivity contribution in [1.29, 1.82) is 0 Å². The Morgan fingerprint density at radius 2 is 2.03 bits per heavy atom. The Balaban J connectivity index is 1.39. The molecule has 0 bridgehead atoms. The Kier molecular flexibility index (Phi) is 7.39. The molecule has 2 heterocycles. The van der Waals surface area contributed by atoms with Crippen LogP contribution in [0.15, 0.2) is 29.4 Å². The minimum absolute atomic E-state index is 0.0114. The number of amides is 1. The minimum atomic E-state index is -0.453. The number of hydrogen-bond donors (Lipinski definition) is 2. The number of nitrogens with zero attached hydrogens (tertiary/aromatic N) is 3. The van der Waals surface area contributed by atoms with Gasteiger partial charge in [-0.05, 0) is 74.1 Å². The van der Waals surface area contributed by atoms with E-state index in [1.807, 2.05) is 0 Å². The van der Waals surface area contributed by atoms with Crippen LogP contribution in [0.2, 0.25) is 0 Å². The van der Waals surface area contributed by atoms with Crippen molar-refractivity contribution in [2.24, 2.45) is 11.1 Å². The molecule has 2 aromatic rings. The van der Waals surface area contributed by atoms with Gasteiger partial charge in [0.25, 0.3) is 5.91 Å². The SMILES string of the molecule is COc1cc(CNC(=O)c2cc(C3=NOC([C@H]4CC[C@H](NCl)CC4)C3)nc(C)n2)ccc1F. The molecule has 10 heteroatoms. The molecule has 1 fully saturated rings. The summed E-state index contributed by atoms with van der Waals surface area (Å²) in [6.07, 6.45) is 4.75. The number of methoxy groups -OCH3 is 1. The third kappa shape index (κ3) is 5.59. The van der Waals surface area contributed by atoms with Crippen LogP contribution in [0.4, 0.5) is 4.39 Å². The average Bonchev–Trinajstić information content (AvgIpc) is 3.33. The van der Waals surface area contributed by atoms with Crippen molar-refractivity contribution in [3.8, 4) is 5.75 Å². The number of carbonyl (C=O) groups excluding carboxylic acids is 1. The van der Waals surface area contributed by atoms with E-state index in [0.717, 1.165) is 31.4 Å². The first-order chi connectivity index (χ1) is 16.0. The van der Waals surface area contributed by atoms with Gasteiger partial charge >= 0.3 is 0 Å². The van der Waals surface area contributed by atoms with Gasteiger partial charge in [0, 0.05) is 19.0 Å². The van der Waals surface area contributed by atoms with Crippen LogP contribution in [0.3, 0.4) is 0 Å². The lowest BCUT2D eigenvalue weighted by Crippen LogP contribution is -2.32. The molecule has 0 radical (unpaired) electrons. The quantitative estimate of drug-likeness (QED) is 0.593. The maximum atomic E-state index is 13.6. The number of aryl methyl sites for hydroxylation is 1. The molecule has 0 spiro atoms. The molecular formula is C23H27ClFN5O3. The van der Waals surface area contributed by atoms with Crippen LogP contribution >= 0.6 is 11.8 Å². The van der Waals surface area contributed by atoms with Crippen LogP contribution in [0.25, 0.3) is 0 Å². The van der Waals surface area contributed by atoms with Crippen LogP contribution in [-0.4, -0.2) is 40.8 Å². The summed E-state index contributed by atoms with van der Waals surface area (Å²) in [5, 5.41) is 7.07. The van der Waals surface area contributed by atoms with Crippen molar-refractivity contribution >= 4 is 23.4 Å². The highest BCUT2D eigenvalue weighted by Crippen LogP contribution is 2.33. The zero-order chi connectivity index (χ0) is 23.4. The first-order valence-electron chi connectivity index (χ1n) is 11.0. The fourth-order valence-corrected chi connectivity index (χ4v) is 4.54. The first-order valence-corrected chi connectivity index (χ1v) is 11.4. The topological polar surface area (TPSA) is 97.7 Å². The van der Waals surface area contributed by atoms with Gasteiger partial charge in [0.1, 0.15) is 23.3 Å². The lowest BCUT2D eigenvalue weighted by Gasteiger charge is -2.29. The summed E-state index contributed by atoms with van der Waals surface area (Å²) >= 11 is 5.75. The first kappa shape index (κ1) is 23.4. The molecule has 2 N–H and O–H groups in total. The zero-order valence-corrected chi connectivity index (χ0v) is 19.4. The molecule has 1 aliphatic heterocycles. The van der Waals surface area contributed by atoms with Crippen molar-refractivity contribution in [3.05, 3.63) is 52.9 Å². The zero-order valence-electron chi connectivity index (χ0n) is 18.6. The van der Waals surface area contributed by atoms with Crippen LogP contribution in [-0.2, 0) is 11.4 Å². The number of ether oxygens (including phenoxy) is 1. The number of rotatable bonds is 7. The maximum Gasteiger partial charge on any atom is 0.270 e. The van der Waals surface area contributed by atoms with E-state index in [2.05, 4.69) is 25.3 Å². The van der Waals surface area contributed by atoms with Gasteiger partial charge < -0.3 is 14.9 Å². The third-order valence-corrected chi connectivity index (χ3v) is 6.49. The normalized spacial score (nSPS) is 22.4. The highest BCUT2D eigenvalue weighted by molar-refractivity contribution is 6.13. The Morgan fingerprint density at radius 1 is 1.24 bits per heavy atom. The number of nitrogens with one attached hydrogen (secondary N) is 2. The van der Waals surface area contributed by atoms with Gasteiger partial charge in [-0.1, -0.05) is 11.2 Å². The minimum Gasteiger partial charge on any atom is -0.494 e. The standard InChI is InChI=1S/C23H27ClFN5O3/c1-13-27-18(19-11-21(33-30-19)15-4-6-16(29-24)7-5-15)10-20(28-13)23(31)26-12-14-3-8-17(25)22(9-14)32-2/h3,8-10,15-16,21,29H,4-7,11-12H2,1-2H3,(H,26,31)/t15-,16-,21?. The van der Waals surface area contributed by atoms with E-state index in [1.165, 1.54) is 13.2 Å². The van der Waals surface area contributed by atoms with Gasteiger partial charge in [0.05, 0.1) is 12.8 Å². The summed E-state index contributed by atoms with van der Waals surface area (Å²) in [5.41, 5.74) is 2.27. The number of carbonyl (C=O) groups is 1. The van der Waals surface area contributed by atoms with Crippen molar-refractivity contribution < 1.29 is 18.8 Å². The van der Waals surface area contributed by atoms with Crippen molar-refractivity contribution in [2.75, 3.05) is 7.11 Å². The van der Waals surface area contributed by atoms with Gasteiger partial charge in [0.15, 0.2) is 11.6 Å². The van der Waals surface area contributed by atoms with E-state index in [0.29, 0.717) is 35.5 Å². The monoisotopic (exact) mass is 475 g/mol. The fourth-order valence-electron chi connectivity index (χ4n) is 4.32. The van der Waals surface area contributed by atoms with Crippen molar-refractivity contribution in [2.45, 2.75) is 57.7 Å². The van der Waals surface area contributed by atoms with Gasteiger partial charge in [0.2, 0.25) is 0 Å². The number of benzene rings is 1. The van der Waals surface area contributed by atoms with Crippen LogP contribution in [0.1, 0.15) is 59.7 Å². The predicted molar refractivity (Wildman–Crippen MR) is 122 cm³/mol. The molecular weight excluding hydrogens is 449 g/mol. The molecule has 1 saturated carbocycles. The van der Waals surface area contributed by atoms with E-state index < -0.39 is 5.82 Å². The van der Waals surface area contributed by atoms with E-state index in [-0.39, 0.29) is 30.0 Å². The second-order valence-electron chi connectivity index (χ2n) is 8.44. The molecule has 1 amide bonds.